The number of aromatic nitrogens is 3. The molecular formula is C10H17N3O2. The van der Waals surface area contributed by atoms with Crippen LogP contribution in [0.5, 0.6) is 0 Å². The molecule has 1 aromatic rings. The lowest BCUT2D eigenvalue weighted by Gasteiger charge is -2.02. The summed E-state index contributed by atoms with van der Waals surface area (Å²) in [4.78, 5) is 10.7. The van der Waals surface area contributed by atoms with E-state index in [2.05, 4.69) is 17.2 Å². The minimum Gasteiger partial charge on any atom is -0.476 e. The van der Waals surface area contributed by atoms with Gasteiger partial charge in [0.25, 0.3) is 0 Å². The molecule has 0 spiro atoms. The Hall–Kier alpha value is -1.39. The summed E-state index contributed by atoms with van der Waals surface area (Å²) in [6, 6.07) is 0. The van der Waals surface area contributed by atoms with Gasteiger partial charge in [0, 0.05) is 6.54 Å². The highest BCUT2D eigenvalue weighted by molar-refractivity contribution is 5.86. The SMILES string of the molecule is CCCCCCn1nnc(C(=O)O)c1C. The molecule has 0 bridgehead atoms. The van der Waals surface area contributed by atoms with E-state index >= 15 is 0 Å². The number of hydrogen-bond donors (Lipinski definition) is 1. The zero-order valence-corrected chi connectivity index (χ0v) is 9.23. The van der Waals surface area contributed by atoms with E-state index in [0.717, 1.165) is 19.4 Å². The maximum atomic E-state index is 10.7. The molecule has 1 rings (SSSR count). The molecule has 0 unspecified atom stereocenters. The van der Waals surface area contributed by atoms with E-state index in [0.29, 0.717) is 5.69 Å². The van der Waals surface area contributed by atoms with Crippen molar-refractivity contribution in [2.24, 2.45) is 0 Å². The van der Waals surface area contributed by atoms with Crippen LogP contribution in [0.25, 0.3) is 0 Å². The van der Waals surface area contributed by atoms with Gasteiger partial charge in [-0.2, -0.15) is 0 Å². The number of aryl methyl sites for hydroxylation is 1. The first kappa shape index (κ1) is 11.7. The number of carboxylic acids is 1. The van der Waals surface area contributed by atoms with Crippen molar-refractivity contribution < 1.29 is 9.90 Å². The smallest absolute Gasteiger partial charge is 0.358 e. The third-order valence-corrected chi connectivity index (χ3v) is 2.41. The Bertz CT molecular complexity index is 333. The molecule has 0 atom stereocenters. The molecule has 5 nitrogen and oxygen atoms in total. The van der Waals surface area contributed by atoms with Crippen LogP contribution in [0.3, 0.4) is 0 Å². The molecule has 15 heavy (non-hydrogen) atoms. The summed E-state index contributed by atoms with van der Waals surface area (Å²) in [5.41, 5.74) is 0.699. The number of nitrogens with zero attached hydrogens (tertiary/aromatic N) is 3. The first-order chi connectivity index (χ1) is 7.16. The minimum atomic E-state index is -1.01. The topological polar surface area (TPSA) is 68.0 Å². The molecule has 84 valence electrons. The van der Waals surface area contributed by atoms with Gasteiger partial charge in [0.05, 0.1) is 5.69 Å². The summed E-state index contributed by atoms with van der Waals surface area (Å²) in [5.74, 6) is -1.01. The monoisotopic (exact) mass is 211 g/mol. The van der Waals surface area contributed by atoms with Crippen LogP contribution in [-0.4, -0.2) is 26.1 Å². The highest BCUT2D eigenvalue weighted by Gasteiger charge is 2.14. The molecular weight excluding hydrogens is 194 g/mol. The average Bonchev–Trinajstić information content (AvgIpc) is 2.55. The van der Waals surface area contributed by atoms with Crippen molar-refractivity contribution in [1.29, 1.82) is 0 Å². The van der Waals surface area contributed by atoms with Crippen LogP contribution < -0.4 is 0 Å². The Labute approximate surface area is 89.1 Å². The van der Waals surface area contributed by atoms with Gasteiger partial charge in [0.1, 0.15) is 0 Å². The lowest BCUT2D eigenvalue weighted by molar-refractivity contribution is 0.0689. The molecule has 1 aromatic heterocycles. The standard InChI is InChI=1S/C10H17N3O2/c1-3-4-5-6-7-13-8(2)9(10(14)15)11-12-13/h3-7H2,1-2H3,(H,14,15). The van der Waals surface area contributed by atoms with E-state index in [4.69, 9.17) is 5.11 Å². The average molecular weight is 211 g/mol. The van der Waals surface area contributed by atoms with Crippen molar-refractivity contribution in [2.45, 2.75) is 46.1 Å². The van der Waals surface area contributed by atoms with Crippen LogP contribution >= 0.6 is 0 Å². The zero-order chi connectivity index (χ0) is 11.3. The molecule has 0 aliphatic carbocycles. The van der Waals surface area contributed by atoms with E-state index in [1.807, 2.05) is 0 Å². The number of rotatable bonds is 6. The predicted molar refractivity (Wildman–Crippen MR) is 55.9 cm³/mol. The Morgan fingerprint density at radius 2 is 2.13 bits per heavy atom. The molecule has 0 saturated carbocycles. The van der Waals surface area contributed by atoms with E-state index in [9.17, 15) is 4.79 Å². The number of carboxylic acid groups (broad SMARTS) is 1. The number of aromatic carboxylic acids is 1. The number of carbonyl (C=O) groups is 1. The van der Waals surface area contributed by atoms with E-state index in [1.54, 1.807) is 11.6 Å². The maximum Gasteiger partial charge on any atom is 0.358 e. The van der Waals surface area contributed by atoms with Crippen LogP contribution in [0.1, 0.15) is 48.8 Å². The van der Waals surface area contributed by atoms with Gasteiger partial charge in [0.2, 0.25) is 0 Å². The van der Waals surface area contributed by atoms with Gasteiger partial charge in [-0.25, -0.2) is 9.48 Å². The second-order valence-electron chi connectivity index (χ2n) is 3.61. The second kappa shape index (κ2) is 5.48. The van der Waals surface area contributed by atoms with Gasteiger partial charge in [-0.05, 0) is 13.3 Å². The first-order valence-electron chi connectivity index (χ1n) is 5.30. The summed E-state index contributed by atoms with van der Waals surface area (Å²) >= 11 is 0. The third-order valence-electron chi connectivity index (χ3n) is 2.41. The Kier molecular flexibility index (Phi) is 4.27. The van der Waals surface area contributed by atoms with Gasteiger partial charge in [-0.1, -0.05) is 31.4 Å². The molecule has 0 aliphatic heterocycles. The fourth-order valence-electron chi connectivity index (χ4n) is 1.46. The number of unbranched alkanes of at least 4 members (excludes halogenated alkanes) is 3. The van der Waals surface area contributed by atoms with E-state index in [1.165, 1.54) is 12.8 Å². The molecule has 0 fully saturated rings. The zero-order valence-electron chi connectivity index (χ0n) is 9.23. The Morgan fingerprint density at radius 3 is 2.67 bits per heavy atom. The van der Waals surface area contributed by atoms with Crippen molar-refractivity contribution >= 4 is 5.97 Å². The van der Waals surface area contributed by atoms with Crippen molar-refractivity contribution in [1.82, 2.24) is 15.0 Å². The van der Waals surface area contributed by atoms with Crippen LogP contribution in [0.4, 0.5) is 0 Å². The molecule has 5 heteroatoms. The van der Waals surface area contributed by atoms with Gasteiger partial charge < -0.3 is 5.11 Å². The largest absolute Gasteiger partial charge is 0.476 e. The fourth-order valence-corrected chi connectivity index (χ4v) is 1.46. The normalized spacial score (nSPS) is 10.5. The molecule has 1 N–H and O–H groups in total. The van der Waals surface area contributed by atoms with Crippen LogP contribution in [0, 0.1) is 6.92 Å². The van der Waals surface area contributed by atoms with Crippen LogP contribution in [0.15, 0.2) is 0 Å². The number of hydrogen-bond acceptors (Lipinski definition) is 3. The minimum absolute atomic E-state index is 0.0606. The van der Waals surface area contributed by atoms with Gasteiger partial charge >= 0.3 is 5.97 Å². The molecule has 0 aromatic carbocycles. The van der Waals surface area contributed by atoms with Crippen LogP contribution in [-0.2, 0) is 6.54 Å². The lowest BCUT2D eigenvalue weighted by atomic mass is 10.2. The first-order valence-corrected chi connectivity index (χ1v) is 5.30. The Morgan fingerprint density at radius 1 is 1.40 bits per heavy atom. The second-order valence-corrected chi connectivity index (χ2v) is 3.61. The molecule has 0 amide bonds. The van der Waals surface area contributed by atoms with Crippen LogP contribution in [0.2, 0.25) is 0 Å². The van der Waals surface area contributed by atoms with Crippen molar-refractivity contribution in [3.63, 3.8) is 0 Å². The third kappa shape index (κ3) is 3.04. The highest BCUT2D eigenvalue weighted by atomic mass is 16.4. The summed E-state index contributed by atoms with van der Waals surface area (Å²) in [7, 11) is 0. The summed E-state index contributed by atoms with van der Waals surface area (Å²) in [6.07, 6.45) is 4.57. The fraction of sp³-hybridized carbons (Fsp3) is 0.700. The van der Waals surface area contributed by atoms with Gasteiger partial charge in [0.15, 0.2) is 5.69 Å². The van der Waals surface area contributed by atoms with Crippen molar-refractivity contribution in [3.05, 3.63) is 11.4 Å². The molecule has 0 radical (unpaired) electrons. The van der Waals surface area contributed by atoms with Gasteiger partial charge in [-0.3, -0.25) is 0 Å². The van der Waals surface area contributed by atoms with E-state index in [-0.39, 0.29) is 5.69 Å². The lowest BCUT2D eigenvalue weighted by Crippen LogP contribution is -2.04. The summed E-state index contributed by atoms with van der Waals surface area (Å²) in [5, 5.41) is 16.2. The summed E-state index contributed by atoms with van der Waals surface area (Å²) < 4.78 is 1.67. The molecule has 1 heterocycles. The summed E-state index contributed by atoms with van der Waals surface area (Å²) in [6.45, 7) is 4.65. The highest BCUT2D eigenvalue weighted by Crippen LogP contribution is 2.06. The predicted octanol–water partition coefficient (Wildman–Crippen LogP) is 1.87. The quantitative estimate of drug-likeness (QED) is 0.729. The van der Waals surface area contributed by atoms with Crippen molar-refractivity contribution in [3.8, 4) is 0 Å². The maximum absolute atomic E-state index is 10.7. The molecule has 0 aliphatic rings. The molecule has 0 saturated heterocycles. The van der Waals surface area contributed by atoms with Crippen molar-refractivity contribution in [2.75, 3.05) is 0 Å². The van der Waals surface area contributed by atoms with E-state index < -0.39 is 5.97 Å². The van der Waals surface area contributed by atoms with Gasteiger partial charge in [-0.15, -0.1) is 5.10 Å². The Balaban J connectivity index is 2.51.